The summed E-state index contributed by atoms with van der Waals surface area (Å²) in [5.74, 6) is 0.789. The van der Waals surface area contributed by atoms with Crippen LogP contribution in [0, 0.1) is 18.3 Å². The van der Waals surface area contributed by atoms with Crippen LogP contribution in [0.25, 0.3) is 0 Å². The van der Waals surface area contributed by atoms with Gasteiger partial charge in [-0.25, -0.2) is 4.98 Å². The zero-order valence-corrected chi connectivity index (χ0v) is 11.7. The zero-order valence-electron chi connectivity index (χ0n) is 10.1. The summed E-state index contributed by atoms with van der Waals surface area (Å²) in [6, 6.07) is 8.94. The standard InChI is InChI=1S/C12H10N4OS2/c1-8-14-12(19-16-8)18-7-11(17)15-10-5-3-2-4-9(10)6-13/h2-5H,7H2,1H3,(H,15,17). The molecule has 0 fully saturated rings. The number of anilines is 1. The smallest absolute Gasteiger partial charge is 0.234 e. The number of rotatable bonds is 4. The third-order valence-corrected chi connectivity index (χ3v) is 4.08. The van der Waals surface area contributed by atoms with E-state index >= 15 is 0 Å². The van der Waals surface area contributed by atoms with E-state index in [1.165, 1.54) is 23.3 Å². The Morgan fingerprint density at radius 1 is 1.53 bits per heavy atom. The average Bonchev–Trinajstić information content (AvgIpc) is 2.83. The maximum absolute atomic E-state index is 11.8. The Bertz CT molecular complexity index is 633. The first-order valence-electron chi connectivity index (χ1n) is 5.41. The third kappa shape index (κ3) is 3.77. The van der Waals surface area contributed by atoms with E-state index in [1.807, 2.05) is 13.0 Å². The molecule has 0 unspecified atom stereocenters. The van der Waals surface area contributed by atoms with E-state index in [1.54, 1.807) is 24.3 Å². The molecule has 0 atom stereocenters. The van der Waals surface area contributed by atoms with Gasteiger partial charge in [0.2, 0.25) is 5.91 Å². The minimum absolute atomic E-state index is 0.166. The number of nitrogens with zero attached hydrogens (tertiary/aromatic N) is 3. The molecule has 1 aromatic heterocycles. The molecule has 0 aliphatic rings. The second-order valence-electron chi connectivity index (χ2n) is 3.60. The van der Waals surface area contributed by atoms with Crippen molar-refractivity contribution in [3.63, 3.8) is 0 Å². The Morgan fingerprint density at radius 2 is 2.32 bits per heavy atom. The molecule has 1 amide bonds. The molecule has 1 N–H and O–H groups in total. The summed E-state index contributed by atoms with van der Waals surface area (Å²) < 4.78 is 4.81. The van der Waals surface area contributed by atoms with Gasteiger partial charge in [-0.3, -0.25) is 4.79 Å². The predicted molar refractivity (Wildman–Crippen MR) is 75.2 cm³/mol. The fourth-order valence-corrected chi connectivity index (χ4v) is 2.79. The van der Waals surface area contributed by atoms with Crippen LogP contribution in [0.3, 0.4) is 0 Å². The summed E-state index contributed by atoms with van der Waals surface area (Å²) in [5, 5.41) is 11.6. The van der Waals surface area contributed by atoms with Crippen molar-refractivity contribution < 1.29 is 4.79 Å². The van der Waals surface area contributed by atoms with Crippen LogP contribution in [-0.4, -0.2) is 21.0 Å². The van der Waals surface area contributed by atoms with Crippen LogP contribution in [0.1, 0.15) is 11.4 Å². The van der Waals surface area contributed by atoms with Crippen molar-refractivity contribution in [1.82, 2.24) is 9.36 Å². The molecule has 0 aliphatic carbocycles. The van der Waals surface area contributed by atoms with E-state index in [0.717, 1.165) is 4.34 Å². The second-order valence-corrected chi connectivity index (χ2v) is 5.58. The largest absolute Gasteiger partial charge is 0.324 e. The molecule has 96 valence electrons. The SMILES string of the molecule is Cc1nsc(SCC(=O)Nc2ccccc2C#N)n1. The summed E-state index contributed by atoms with van der Waals surface area (Å²) in [6.45, 7) is 1.81. The number of carbonyl (C=O) groups excluding carboxylic acids is 1. The van der Waals surface area contributed by atoms with Crippen LogP contribution in [0.5, 0.6) is 0 Å². The van der Waals surface area contributed by atoms with E-state index in [-0.39, 0.29) is 11.7 Å². The maximum atomic E-state index is 11.8. The number of nitriles is 1. The molecular weight excluding hydrogens is 280 g/mol. The number of carbonyl (C=O) groups is 1. The zero-order chi connectivity index (χ0) is 13.7. The highest BCUT2D eigenvalue weighted by molar-refractivity contribution is 8.01. The molecule has 1 heterocycles. The Kier molecular flexibility index (Phi) is 4.49. The van der Waals surface area contributed by atoms with Crippen molar-refractivity contribution in [2.24, 2.45) is 0 Å². The van der Waals surface area contributed by atoms with Crippen LogP contribution in [-0.2, 0) is 4.79 Å². The molecule has 1 aromatic carbocycles. The second kappa shape index (κ2) is 6.31. The van der Waals surface area contributed by atoms with E-state index < -0.39 is 0 Å². The lowest BCUT2D eigenvalue weighted by molar-refractivity contribution is -0.113. The van der Waals surface area contributed by atoms with E-state index in [0.29, 0.717) is 17.1 Å². The van der Waals surface area contributed by atoms with Crippen molar-refractivity contribution in [1.29, 1.82) is 5.26 Å². The molecule has 19 heavy (non-hydrogen) atoms. The summed E-state index contributed by atoms with van der Waals surface area (Å²) in [4.78, 5) is 15.9. The summed E-state index contributed by atoms with van der Waals surface area (Å²) >= 11 is 2.61. The normalized spacial score (nSPS) is 9.89. The Labute approximate surface area is 118 Å². The molecule has 7 heteroatoms. The molecule has 0 aliphatic heterocycles. The molecule has 0 saturated carbocycles. The van der Waals surface area contributed by atoms with Gasteiger partial charge in [-0.05, 0) is 30.6 Å². The number of aromatic nitrogens is 2. The first-order valence-corrected chi connectivity index (χ1v) is 7.17. The van der Waals surface area contributed by atoms with Gasteiger partial charge in [0, 0.05) is 0 Å². The highest BCUT2D eigenvalue weighted by Gasteiger charge is 2.08. The van der Waals surface area contributed by atoms with E-state index in [2.05, 4.69) is 14.7 Å². The highest BCUT2D eigenvalue weighted by atomic mass is 32.2. The number of benzene rings is 1. The van der Waals surface area contributed by atoms with Gasteiger partial charge in [0.1, 0.15) is 11.9 Å². The summed E-state index contributed by atoms with van der Waals surface area (Å²) in [6.07, 6.45) is 0. The molecule has 0 spiro atoms. The quantitative estimate of drug-likeness (QED) is 0.875. The van der Waals surface area contributed by atoms with Gasteiger partial charge in [0.25, 0.3) is 0 Å². The summed E-state index contributed by atoms with van der Waals surface area (Å²) in [7, 11) is 0. The number of hydrogen-bond acceptors (Lipinski definition) is 6. The molecule has 0 bridgehead atoms. The number of hydrogen-bond donors (Lipinski definition) is 1. The fraction of sp³-hybridized carbons (Fsp3) is 0.167. The average molecular weight is 290 g/mol. The van der Waals surface area contributed by atoms with Crippen molar-refractivity contribution in [2.45, 2.75) is 11.3 Å². The van der Waals surface area contributed by atoms with Gasteiger partial charge < -0.3 is 5.32 Å². The molecular formula is C12H10N4OS2. The van der Waals surface area contributed by atoms with Crippen LogP contribution >= 0.6 is 23.3 Å². The molecule has 0 saturated heterocycles. The van der Waals surface area contributed by atoms with Gasteiger partial charge >= 0.3 is 0 Å². The van der Waals surface area contributed by atoms with Crippen molar-refractivity contribution in [3.8, 4) is 6.07 Å². The van der Waals surface area contributed by atoms with Gasteiger partial charge in [-0.1, -0.05) is 23.9 Å². The third-order valence-electron chi connectivity index (χ3n) is 2.16. The first-order chi connectivity index (χ1) is 9.19. The topological polar surface area (TPSA) is 78.7 Å². The van der Waals surface area contributed by atoms with Gasteiger partial charge in [0.15, 0.2) is 4.34 Å². The number of amides is 1. The maximum Gasteiger partial charge on any atom is 0.234 e. The van der Waals surface area contributed by atoms with Crippen molar-refractivity contribution in [3.05, 3.63) is 35.7 Å². The van der Waals surface area contributed by atoms with E-state index in [9.17, 15) is 4.79 Å². The number of para-hydroxylation sites is 1. The molecule has 0 radical (unpaired) electrons. The van der Waals surface area contributed by atoms with Gasteiger partial charge in [0.05, 0.1) is 17.0 Å². The number of thioether (sulfide) groups is 1. The van der Waals surface area contributed by atoms with Crippen LogP contribution in [0.4, 0.5) is 5.69 Å². The Balaban J connectivity index is 1.93. The minimum Gasteiger partial charge on any atom is -0.324 e. The lowest BCUT2D eigenvalue weighted by Gasteiger charge is -2.05. The predicted octanol–water partition coefficient (Wildman–Crippen LogP) is 2.45. The lowest BCUT2D eigenvalue weighted by Crippen LogP contribution is -2.14. The lowest BCUT2D eigenvalue weighted by atomic mass is 10.2. The molecule has 5 nitrogen and oxygen atoms in total. The first kappa shape index (κ1) is 13.5. The Morgan fingerprint density at radius 3 is 3.00 bits per heavy atom. The highest BCUT2D eigenvalue weighted by Crippen LogP contribution is 2.20. The van der Waals surface area contributed by atoms with Crippen molar-refractivity contribution >= 4 is 34.9 Å². The van der Waals surface area contributed by atoms with Crippen LogP contribution in [0.2, 0.25) is 0 Å². The van der Waals surface area contributed by atoms with Crippen LogP contribution < -0.4 is 5.32 Å². The monoisotopic (exact) mass is 290 g/mol. The van der Waals surface area contributed by atoms with Crippen LogP contribution in [0.15, 0.2) is 28.6 Å². The number of aryl methyl sites for hydroxylation is 1. The van der Waals surface area contributed by atoms with Gasteiger partial charge in [-0.2, -0.15) is 9.64 Å². The fourth-order valence-electron chi connectivity index (χ4n) is 1.34. The Hall–Kier alpha value is -1.91. The van der Waals surface area contributed by atoms with Gasteiger partial charge in [-0.15, -0.1) is 0 Å². The summed E-state index contributed by atoms with van der Waals surface area (Å²) in [5.41, 5.74) is 0.983. The molecule has 2 aromatic rings. The minimum atomic E-state index is -0.166. The number of nitrogens with one attached hydrogen (secondary N) is 1. The van der Waals surface area contributed by atoms with Crippen molar-refractivity contribution in [2.75, 3.05) is 11.1 Å². The van der Waals surface area contributed by atoms with E-state index in [4.69, 9.17) is 5.26 Å². The molecule has 2 rings (SSSR count).